The molecule has 1 atom stereocenters. The Balaban J connectivity index is 0.000000402. The number of methoxy groups -OCH3 is 2. The molecule has 0 aliphatic rings. The Bertz CT molecular complexity index is 1050. The second-order valence-electron chi connectivity index (χ2n) is 7.92. The van der Waals surface area contributed by atoms with E-state index >= 15 is 0 Å². The average molecular weight is 508 g/mol. The van der Waals surface area contributed by atoms with Gasteiger partial charge in [-0.2, -0.15) is 0 Å². The first-order valence-electron chi connectivity index (χ1n) is 11.1. The molecular weight excluding hydrogens is 470 g/mol. The number of anilines is 1. The first kappa shape index (κ1) is 29.4. The van der Waals surface area contributed by atoms with Gasteiger partial charge in [-0.1, -0.05) is 20.8 Å². The van der Waals surface area contributed by atoms with Gasteiger partial charge in [0.1, 0.15) is 22.1 Å². The van der Waals surface area contributed by atoms with E-state index in [0.29, 0.717) is 5.69 Å². The number of alkyl carbamates (subject to hydrolysis) is 1. The fourth-order valence-corrected chi connectivity index (χ4v) is 3.97. The monoisotopic (exact) mass is 507 g/mol. The summed E-state index contributed by atoms with van der Waals surface area (Å²) in [6.45, 7) is 11.5. The molecule has 1 amide bonds. The smallest absolute Gasteiger partial charge is 0.408 e. The van der Waals surface area contributed by atoms with E-state index in [1.807, 2.05) is 59.7 Å². The van der Waals surface area contributed by atoms with Gasteiger partial charge in [-0.15, -0.1) is 24.0 Å². The molecule has 1 unspecified atom stereocenters. The highest BCUT2D eigenvalue weighted by Gasteiger charge is 2.21. The van der Waals surface area contributed by atoms with Crippen LogP contribution in [0.1, 0.15) is 59.0 Å². The van der Waals surface area contributed by atoms with Crippen molar-refractivity contribution < 1.29 is 19.0 Å². The molecule has 0 fully saturated rings. The van der Waals surface area contributed by atoms with Crippen LogP contribution in [0.15, 0.2) is 41.3 Å². The van der Waals surface area contributed by atoms with E-state index in [2.05, 4.69) is 22.9 Å². The van der Waals surface area contributed by atoms with E-state index in [0.717, 1.165) is 38.0 Å². The van der Waals surface area contributed by atoms with Crippen molar-refractivity contribution in [3.63, 3.8) is 0 Å². The van der Waals surface area contributed by atoms with Crippen LogP contribution in [-0.4, -0.2) is 30.9 Å². The average Bonchev–Trinajstić information content (AvgIpc) is 3.23. The third-order valence-corrected chi connectivity index (χ3v) is 5.77. The third-order valence-electron chi connectivity index (χ3n) is 4.25. The summed E-state index contributed by atoms with van der Waals surface area (Å²) >= 11 is 5.67. The number of rotatable bonds is 5. The number of aromatic nitrogens is 1. The van der Waals surface area contributed by atoms with Gasteiger partial charge < -0.3 is 25.3 Å². The van der Waals surface area contributed by atoms with Crippen LogP contribution >= 0.6 is 24.0 Å². The van der Waals surface area contributed by atoms with E-state index in [1.165, 1.54) is 0 Å². The van der Waals surface area contributed by atoms with Crippen molar-refractivity contribution in [2.24, 2.45) is 0 Å². The van der Waals surface area contributed by atoms with Crippen molar-refractivity contribution in [1.82, 2.24) is 10.3 Å². The first-order valence-corrected chi connectivity index (χ1v) is 12.4. The molecule has 188 valence electrons. The van der Waals surface area contributed by atoms with Crippen molar-refractivity contribution in [3.8, 4) is 11.5 Å². The Labute approximate surface area is 212 Å². The zero-order valence-electron chi connectivity index (χ0n) is 21.3. The summed E-state index contributed by atoms with van der Waals surface area (Å²) < 4.78 is 16.5. The third kappa shape index (κ3) is 9.30. The number of carbonyl (C=O) groups is 1. The lowest BCUT2D eigenvalue weighted by Crippen LogP contribution is -2.34. The van der Waals surface area contributed by atoms with Crippen LogP contribution in [0.3, 0.4) is 0 Å². The van der Waals surface area contributed by atoms with Crippen molar-refractivity contribution in [2.75, 3.05) is 20.0 Å². The van der Waals surface area contributed by atoms with Gasteiger partial charge in [0.15, 0.2) is 0 Å². The molecule has 0 saturated carbocycles. The maximum absolute atomic E-state index is 11.9. The molecule has 3 rings (SSSR count). The first-order chi connectivity index (χ1) is 16.1. The normalized spacial score (nSPS) is 11.3. The SMILES string of the molecule is CC.CCC(NC(=O)OC(C)(C)C)c1nc2ccc(OC)cc2s1.COc1ccc(N)c(S)c1. The lowest BCUT2D eigenvalue weighted by molar-refractivity contribution is 0.0502. The van der Waals surface area contributed by atoms with E-state index in [4.69, 9.17) is 19.9 Å². The molecule has 1 aromatic heterocycles. The summed E-state index contributed by atoms with van der Waals surface area (Å²) in [5, 5.41) is 3.76. The number of fused-ring (bicyclic) bond motifs is 1. The highest BCUT2D eigenvalue weighted by Crippen LogP contribution is 2.30. The number of nitrogens with one attached hydrogen (secondary N) is 1. The van der Waals surface area contributed by atoms with Crippen molar-refractivity contribution in [2.45, 2.75) is 64.5 Å². The molecule has 7 nitrogen and oxygen atoms in total. The maximum atomic E-state index is 11.9. The van der Waals surface area contributed by atoms with Crippen LogP contribution < -0.4 is 20.5 Å². The lowest BCUT2D eigenvalue weighted by Gasteiger charge is -2.22. The Morgan fingerprint density at radius 3 is 2.24 bits per heavy atom. The number of ether oxygens (including phenoxy) is 3. The minimum atomic E-state index is -0.511. The highest BCUT2D eigenvalue weighted by atomic mass is 32.1. The highest BCUT2D eigenvalue weighted by molar-refractivity contribution is 7.80. The van der Waals surface area contributed by atoms with Crippen molar-refractivity contribution in [1.29, 1.82) is 0 Å². The summed E-state index contributed by atoms with van der Waals surface area (Å²) in [6, 6.07) is 11.0. The van der Waals surface area contributed by atoms with E-state index in [1.54, 1.807) is 43.8 Å². The number of nitrogen functional groups attached to an aromatic ring is 1. The van der Waals surface area contributed by atoms with Crippen LogP contribution in [0.5, 0.6) is 11.5 Å². The van der Waals surface area contributed by atoms with Crippen LogP contribution in [0.4, 0.5) is 10.5 Å². The summed E-state index contributed by atoms with van der Waals surface area (Å²) in [5.74, 6) is 1.58. The van der Waals surface area contributed by atoms with Gasteiger partial charge >= 0.3 is 6.09 Å². The molecular formula is C25H37N3O4S2. The number of amides is 1. The largest absolute Gasteiger partial charge is 0.497 e. The minimum absolute atomic E-state index is 0.154. The Kier molecular flexibility index (Phi) is 12.0. The Morgan fingerprint density at radius 2 is 1.71 bits per heavy atom. The van der Waals surface area contributed by atoms with Gasteiger partial charge in [0, 0.05) is 10.6 Å². The second-order valence-corrected chi connectivity index (χ2v) is 9.46. The van der Waals surface area contributed by atoms with Gasteiger partial charge in [0.2, 0.25) is 0 Å². The van der Waals surface area contributed by atoms with Gasteiger partial charge in [0.05, 0.1) is 30.5 Å². The summed E-state index contributed by atoms with van der Waals surface area (Å²) in [4.78, 5) is 17.3. The van der Waals surface area contributed by atoms with E-state index in [9.17, 15) is 4.79 Å². The zero-order chi connectivity index (χ0) is 25.9. The molecule has 0 spiro atoms. The molecule has 1 heterocycles. The minimum Gasteiger partial charge on any atom is -0.497 e. The molecule has 2 aromatic carbocycles. The zero-order valence-corrected chi connectivity index (χ0v) is 23.0. The van der Waals surface area contributed by atoms with Crippen LogP contribution in [0, 0.1) is 0 Å². The Hall–Kier alpha value is -2.65. The lowest BCUT2D eigenvalue weighted by atomic mass is 10.2. The molecule has 0 aliphatic carbocycles. The topological polar surface area (TPSA) is 95.7 Å². The number of benzene rings is 2. The van der Waals surface area contributed by atoms with Gasteiger partial charge in [-0.05, 0) is 63.6 Å². The van der Waals surface area contributed by atoms with Crippen LogP contribution in [-0.2, 0) is 4.74 Å². The number of carbonyl (C=O) groups excluding carboxylic acids is 1. The second kappa shape index (κ2) is 13.9. The fourth-order valence-electron chi connectivity index (χ4n) is 2.64. The van der Waals surface area contributed by atoms with Crippen molar-refractivity contribution >= 4 is 46.0 Å². The van der Waals surface area contributed by atoms with E-state index < -0.39 is 11.7 Å². The molecule has 0 radical (unpaired) electrons. The molecule has 9 heteroatoms. The number of nitrogens with two attached hydrogens (primary N) is 1. The standard InChI is InChI=1S/C16H22N2O3S.C7H9NOS.C2H6/c1-6-11(18-15(19)21-16(2,3)4)14-17-12-8-7-10(20-5)9-13(12)22-14;1-9-5-2-3-6(8)7(10)4-5;1-2/h7-9,11H,6H2,1-5H3,(H,18,19);2-4,10H,8H2,1H3;1-2H3. The fraction of sp³-hybridized carbons (Fsp3) is 0.440. The molecule has 0 saturated heterocycles. The van der Waals surface area contributed by atoms with Crippen LogP contribution in [0.2, 0.25) is 0 Å². The predicted octanol–water partition coefficient (Wildman–Crippen LogP) is 6.87. The maximum Gasteiger partial charge on any atom is 0.408 e. The quantitative estimate of drug-likeness (QED) is 0.257. The Morgan fingerprint density at radius 1 is 1.12 bits per heavy atom. The molecule has 0 bridgehead atoms. The number of nitrogens with zero attached hydrogens (tertiary/aromatic N) is 1. The predicted molar refractivity (Wildman–Crippen MR) is 145 cm³/mol. The molecule has 3 aromatic rings. The number of hydrogen-bond acceptors (Lipinski definition) is 8. The van der Waals surface area contributed by atoms with Crippen LogP contribution in [0.25, 0.3) is 10.2 Å². The number of hydrogen-bond donors (Lipinski definition) is 3. The number of thiol groups is 1. The molecule has 34 heavy (non-hydrogen) atoms. The number of thiazole rings is 1. The van der Waals surface area contributed by atoms with Gasteiger partial charge in [-0.25, -0.2) is 9.78 Å². The molecule has 3 N–H and O–H groups in total. The van der Waals surface area contributed by atoms with Crippen molar-refractivity contribution in [3.05, 3.63) is 41.4 Å². The van der Waals surface area contributed by atoms with Gasteiger partial charge in [0.25, 0.3) is 0 Å². The summed E-state index contributed by atoms with van der Waals surface area (Å²) in [7, 11) is 3.25. The summed E-state index contributed by atoms with van der Waals surface area (Å²) in [5.41, 5.74) is 6.58. The summed E-state index contributed by atoms with van der Waals surface area (Å²) in [6.07, 6.45) is 0.326. The molecule has 0 aliphatic heterocycles. The van der Waals surface area contributed by atoms with E-state index in [-0.39, 0.29) is 6.04 Å². The van der Waals surface area contributed by atoms with Gasteiger partial charge in [-0.3, -0.25) is 0 Å².